The fourth-order valence-corrected chi connectivity index (χ4v) is 2.80. The monoisotopic (exact) mass is 383 g/mol. The van der Waals surface area contributed by atoms with Crippen LogP contribution in [0.3, 0.4) is 0 Å². The van der Waals surface area contributed by atoms with Gasteiger partial charge in [0.25, 0.3) is 5.91 Å². The maximum Gasteiger partial charge on any atom is 0.259 e. The van der Waals surface area contributed by atoms with Crippen molar-refractivity contribution < 1.29 is 13.9 Å². The van der Waals surface area contributed by atoms with Crippen LogP contribution in [0.5, 0.6) is 5.75 Å². The molecule has 0 N–H and O–H groups in total. The number of ether oxygens (including phenoxy) is 1. The predicted octanol–water partition coefficient (Wildman–Crippen LogP) is 3.47. The van der Waals surface area contributed by atoms with Crippen LogP contribution < -0.4 is 9.64 Å². The maximum atomic E-state index is 13.2. The molecule has 1 aliphatic heterocycles. The highest BCUT2D eigenvalue weighted by Gasteiger charge is 2.25. The lowest BCUT2D eigenvalue weighted by atomic mass is 10.1. The van der Waals surface area contributed by atoms with Crippen LogP contribution in [-0.4, -0.2) is 19.1 Å². The van der Waals surface area contributed by atoms with E-state index in [1.807, 2.05) is 18.2 Å². The topological polar surface area (TPSA) is 29.5 Å². The summed E-state index contributed by atoms with van der Waals surface area (Å²) in [7, 11) is 0. The van der Waals surface area contributed by atoms with Crippen LogP contribution in [0.15, 0.2) is 42.5 Å². The maximum absolute atomic E-state index is 13.2. The van der Waals surface area contributed by atoms with E-state index in [1.54, 1.807) is 17.0 Å². The fraction of sp³-hybridized carbons (Fsp3) is 0.133. The SMILES string of the molecule is O=C(c1ccccc1I)N1CCOc2cc(F)ccc21. The first-order chi connectivity index (χ1) is 9.66. The first-order valence-electron chi connectivity index (χ1n) is 6.15. The Morgan fingerprint density at radius 3 is 2.85 bits per heavy atom. The van der Waals surface area contributed by atoms with Gasteiger partial charge in [0.1, 0.15) is 18.2 Å². The van der Waals surface area contributed by atoms with Crippen LogP contribution in [0.2, 0.25) is 0 Å². The van der Waals surface area contributed by atoms with Crippen LogP contribution in [0.1, 0.15) is 10.4 Å². The summed E-state index contributed by atoms with van der Waals surface area (Å²) >= 11 is 2.14. The Bertz CT molecular complexity index is 675. The molecule has 20 heavy (non-hydrogen) atoms. The average molecular weight is 383 g/mol. The normalized spacial score (nSPS) is 13.6. The summed E-state index contributed by atoms with van der Waals surface area (Å²) in [5, 5.41) is 0. The highest BCUT2D eigenvalue weighted by atomic mass is 127. The van der Waals surface area contributed by atoms with Gasteiger partial charge in [-0.25, -0.2) is 4.39 Å². The zero-order valence-electron chi connectivity index (χ0n) is 10.5. The second-order valence-electron chi connectivity index (χ2n) is 4.40. The summed E-state index contributed by atoms with van der Waals surface area (Å²) in [6.07, 6.45) is 0. The van der Waals surface area contributed by atoms with Crippen molar-refractivity contribution in [2.24, 2.45) is 0 Å². The molecule has 0 saturated carbocycles. The number of amides is 1. The molecule has 0 spiro atoms. The Labute approximate surface area is 129 Å². The van der Waals surface area contributed by atoms with Gasteiger partial charge in [-0.1, -0.05) is 12.1 Å². The lowest BCUT2D eigenvalue weighted by molar-refractivity contribution is 0.0975. The summed E-state index contributed by atoms with van der Waals surface area (Å²) in [6, 6.07) is 11.6. The van der Waals surface area contributed by atoms with E-state index in [4.69, 9.17) is 4.74 Å². The van der Waals surface area contributed by atoms with E-state index in [2.05, 4.69) is 22.6 Å². The molecule has 1 heterocycles. The molecular weight excluding hydrogens is 372 g/mol. The highest BCUT2D eigenvalue weighted by molar-refractivity contribution is 14.1. The zero-order valence-corrected chi connectivity index (χ0v) is 12.6. The van der Waals surface area contributed by atoms with Crippen LogP contribution in [0.25, 0.3) is 0 Å². The summed E-state index contributed by atoms with van der Waals surface area (Å²) in [4.78, 5) is 14.3. The third-order valence-electron chi connectivity index (χ3n) is 3.13. The number of nitrogens with zero attached hydrogens (tertiary/aromatic N) is 1. The van der Waals surface area contributed by atoms with Crippen LogP contribution >= 0.6 is 22.6 Å². The molecule has 0 atom stereocenters. The van der Waals surface area contributed by atoms with E-state index in [1.165, 1.54) is 12.1 Å². The van der Waals surface area contributed by atoms with Crippen molar-refractivity contribution in [1.82, 2.24) is 0 Å². The van der Waals surface area contributed by atoms with E-state index in [-0.39, 0.29) is 11.7 Å². The van der Waals surface area contributed by atoms with Crippen molar-refractivity contribution in [3.05, 3.63) is 57.4 Å². The zero-order chi connectivity index (χ0) is 14.1. The summed E-state index contributed by atoms with van der Waals surface area (Å²) in [5.74, 6) is -0.0472. The molecule has 0 bridgehead atoms. The number of rotatable bonds is 1. The van der Waals surface area contributed by atoms with Crippen molar-refractivity contribution >= 4 is 34.2 Å². The second-order valence-corrected chi connectivity index (χ2v) is 5.56. The summed E-state index contributed by atoms with van der Waals surface area (Å²) in [6.45, 7) is 0.827. The van der Waals surface area contributed by atoms with Crippen LogP contribution in [0.4, 0.5) is 10.1 Å². The van der Waals surface area contributed by atoms with Gasteiger partial charge in [0, 0.05) is 9.64 Å². The average Bonchev–Trinajstić information content (AvgIpc) is 2.46. The molecule has 0 fully saturated rings. The molecule has 0 saturated heterocycles. The molecule has 1 aliphatic rings. The second kappa shape index (κ2) is 5.40. The molecule has 0 radical (unpaired) electrons. The Kier molecular flexibility index (Phi) is 3.60. The van der Waals surface area contributed by atoms with Gasteiger partial charge in [0.2, 0.25) is 0 Å². The number of hydrogen-bond acceptors (Lipinski definition) is 2. The van der Waals surface area contributed by atoms with E-state index < -0.39 is 0 Å². The number of carbonyl (C=O) groups excluding carboxylic acids is 1. The minimum absolute atomic E-state index is 0.0915. The smallest absolute Gasteiger partial charge is 0.259 e. The molecule has 0 aromatic heterocycles. The first-order valence-corrected chi connectivity index (χ1v) is 7.23. The minimum atomic E-state index is -0.368. The number of benzene rings is 2. The molecule has 0 aliphatic carbocycles. The van der Waals surface area contributed by atoms with E-state index >= 15 is 0 Å². The summed E-state index contributed by atoms with van der Waals surface area (Å²) < 4.78 is 19.5. The Morgan fingerprint density at radius 1 is 1.25 bits per heavy atom. The van der Waals surface area contributed by atoms with Crippen molar-refractivity contribution in [2.45, 2.75) is 0 Å². The lowest BCUT2D eigenvalue weighted by Gasteiger charge is -2.29. The van der Waals surface area contributed by atoms with E-state index in [9.17, 15) is 9.18 Å². The van der Waals surface area contributed by atoms with E-state index in [0.717, 1.165) is 3.57 Å². The Hall–Kier alpha value is -1.63. The molecule has 0 unspecified atom stereocenters. The number of halogens is 2. The van der Waals surface area contributed by atoms with E-state index in [0.29, 0.717) is 30.2 Å². The molecule has 3 rings (SSSR count). The number of carbonyl (C=O) groups is 1. The molecule has 1 amide bonds. The number of fused-ring (bicyclic) bond motifs is 1. The van der Waals surface area contributed by atoms with Crippen LogP contribution in [0, 0.1) is 9.39 Å². The predicted molar refractivity (Wildman–Crippen MR) is 82.7 cm³/mol. The molecule has 102 valence electrons. The van der Waals surface area contributed by atoms with Gasteiger partial charge in [0.05, 0.1) is 17.8 Å². The van der Waals surface area contributed by atoms with Gasteiger partial charge < -0.3 is 9.64 Å². The quantitative estimate of drug-likeness (QED) is 0.706. The minimum Gasteiger partial charge on any atom is -0.489 e. The highest BCUT2D eigenvalue weighted by Crippen LogP contribution is 2.33. The third kappa shape index (κ3) is 2.37. The summed E-state index contributed by atoms with van der Waals surface area (Å²) in [5.41, 5.74) is 1.26. The van der Waals surface area contributed by atoms with Gasteiger partial charge in [0.15, 0.2) is 0 Å². The Morgan fingerprint density at radius 2 is 2.05 bits per heavy atom. The molecular formula is C15H11FINO2. The lowest BCUT2D eigenvalue weighted by Crippen LogP contribution is -2.38. The van der Waals surface area contributed by atoms with Gasteiger partial charge in [-0.3, -0.25) is 4.79 Å². The molecule has 2 aromatic rings. The Balaban J connectivity index is 2.01. The van der Waals surface area contributed by atoms with Crippen LogP contribution in [-0.2, 0) is 0 Å². The van der Waals surface area contributed by atoms with Crippen molar-refractivity contribution in [2.75, 3.05) is 18.1 Å². The first kappa shape index (κ1) is 13.4. The molecule has 5 heteroatoms. The van der Waals surface area contributed by atoms with Crippen molar-refractivity contribution in [1.29, 1.82) is 0 Å². The van der Waals surface area contributed by atoms with Gasteiger partial charge in [-0.15, -0.1) is 0 Å². The number of anilines is 1. The fourth-order valence-electron chi connectivity index (χ4n) is 2.18. The standard InChI is InChI=1S/C15H11FINO2/c16-10-5-6-13-14(9-10)20-8-7-18(13)15(19)11-3-1-2-4-12(11)17/h1-6,9H,7-8H2. The molecule has 2 aromatic carbocycles. The number of hydrogen-bond donors (Lipinski definition) is 0. The largest absolute Gasteiger partial charge is 0.489 e. The van der Waals surface area contributed by atoms with Crippen molar-refractivity contribution in [3.63, 3.8) is 0 Å². The van der Waals surface area contributed by atoms with Gasteiger partial charge in [-0.2, -0.15) is 0 Å². The third-order valence-corrected chi connectivity index (χ3v) is 4.08. The molecule has 3 nitrogen and oxygen atoms in total. The van der Waals surface area contributed by atoms with Gasteiger partial charge >= 0.3 is 0 Å². The van der Waals surface area contributed by atoms with Crippen molar-refractivity contribution in [3.8, 4) is 5.75 Å². The van der Waals surface area contributed by atoms with Gasteiger partial charge in [-0.05, 0) is 46.9 Å².